The summed E-state index contributed by atoms with van der Waals surface area (Å²) in [4.78, 5) is 79.0. The van der Waals surface area contributed by atoms with Crippen LogP contribution >= 0.6 is 0 Å². The minimum Gasteiger partial charge on any atom is -0.481 e. The van der Waals surface area contributed by atoms with E-state index in [0.717, 1.165) is 5.56 Å². The van der Waals surface area contributed by atoms with Crippen LogP contribution in [0.25, 0.3) is 0 Å². The molecule has 0 heterocycles. The molecule has 250 valence electrons. The van der Waals surface area contributed by atoms with Crippen molar-refractivity contribution in [2.75, 3.05) is 13.1 Å². The van der Waals surface area contributed by atoms with E-state index in [9.17, 15) is 33.9 Å². The number of nitrogens with zero attached hydrogens (tertiary/aromatic N) is 1. The lowest BCUT2D eigenvalue weighted by atomic mass is 10.0. The lowest BCUT2D eigenvalue weighted by molar-refractivity contribution is -0.147. The highest BCUT2D eigenvalue weighted by Gasteiger charge is 2.32. The van der Waals surface area contributed by atoms with Crippen LogP contribution in [-0.4, -0.2) is 95.0 Å². The number of nitrogens with two attached hydrogens (primary N) is 4. The van der Waals surface area contributed by atoms with Crippen LogP contribution in [0.3, 0.4) is 0 Å². The predicted molar refractivity (Wildman–Crippen MR) is 164 cm³/mol. The van der Waals surface area contributed by atoms with E-state index in [4.69, 9.17) is 28.0 Å². The zero-order chi connectivity index (χ0) is 33.9. The Labute approximate surface area is 260 Å². The summed E-state index contributed by atoms with van der Waals surface area (Å²) in [6.45, 7) is 1.86. The molecule has 0 aliphatic rings. The first-order chi connectivity index (χ1) is 21.2. The molecule has 0 aliphatic carbocycles. The Morgan fingerprint density at radius 3 is 1.76 bits per heavy atom. The Kier molecular flexibility index (Phi) is 17.2. The van der Waals surface area contributed by atoms with E-state index in [1.54, 1.807) is 30.3 Å². The first kappa shape index (κ1) is 38.3. The molecule has 0 unspecified atom stereocenters. The van der Waals surface area contributed by atoms with Crippen molar-refractivity contribution in [3.8, 4) is 0 Å². The molecule has 0 aliphatic heterocycles. The Hall–Kier alpha value is -4.77. The molecule has 0 fully saturated rings. The van der Waals surface area contributed by atoms with Gasteiger partial charge in [0.05, 0.1) is 12.5 Å². The van der Waals surface area contributed by atoms with Crippen LogP contribution in [0, 0.1) is 0 Å². The topological polar surface area (TPSA) is 307 Å². The number of amides is 4. The van der Waals surface area contributed by atoms with Crippen molar-refractivity contribution in [1.82, 2.24) is 21.3 Å². The number of hydrogen-bond acceptors (Lipinski definition) is 9. The average molecular weight is 636 g/mol. The lowest BCUT2D eigenvalue weighted by Crippen LogP contribution is -2.58. The highest BCUT2D eigenvalue weighted by Crippen LogP contribution is 2.08. The Balaban J connectivity index is 3.26. The van der Waals surface area contributed by atoms with E-state index in [2.05, 4.69) is 26.3 Å². The van der Waals surface area contributed by atoms with Crippen LogP contribution < -0.4 is 44.2 Å². The van der Waals surface area contributed by atoms with Gasteiger partial charge in [0.1, 0.15) is 24.2 Å². The molecule has 1 aromatic carbocycles. The SMILES string of the molecule is C[C@H](N)C(=O)N[C@@H](Cc1ccccc1)C(=O)N[C@@H](CCCN=C(N)N)C(=O)N[C@@H](CCCCN)C(=O)N[C@@H](CC(=O)O)C(=O)O. The minimum absolute atomic E-state index is 0.0154. The number of carbonyl (C=O) groups is 6. The Morgan fingerprint density at radius 2 is 1.27 bits per heavy atom. The first-order valence-corrected chi connectivity index (χ1v) is 14.5. The first-order valence-electron chi connectivity index (χ1n) is 14.5. The van der Waals surface area contributed by atoms with Gasteiger partial charge in [-0.25, -0.2) is 4.79 Å². The Morgan fingerprint density at radius 1 is 0.756 bits per heavy atom. The number of hydrogen-bond donors (Lipinski definition) is 10. The molecule has 17 heteroatoms. The standard InChI is InChI=1S/C28H45N9O8/c1-16(30)23(40)36-20(14-17-8-3-2-4-9-17)26(43)35-19(11-7-13-33-28(31)32)24(41)34-18(10-5-6-12-29)25(42)37-21(27(44)45)15-22(38)39/h2-4,8-9,16,18-21H,5-7,10-15,29-30H2,1H3,(H,34,41)(H,35,43)(H,36,40)(H,37,42)(H,38,39)(H,44,45)(H4,31,32,33)/t16-,18-,19-,20-,21-/m0/s1. The summed E-state index contributed by atoms with van der Waals surface area (Å²) in [6, 6.07) is 2.54. The second-order valence-corrected chi connectivity index (χ2v) is 10.4. The van der Waals surface area contributed by atoms with Crippen molar-refractivity contribution in [3.63, 3.8) is 0 Å². The number of benzene rings is 1. The fourth-order valence-corrected chi connectivity index (χ4v) is 4.09. The van der Waals surface area contributed by atoms with Crippen molar-refractivity contribution < 1.29 is 39.0 Å². The average Bonchev–Trinajstić information content (AvgIpc) is 2.97. The molecule has 0 radical (unpaired) electrons. The van der Waals surface area contributed by atoms with Crippen LogP contribution in [-0.2, 0) is 35.2 Å². The molecule has 17 nitrogen and oxygen atoms in total. The van der Waals surface area contributed by atoms with Crippen molar-refractivity contribution >= 4 is 41.5 Å². The van der Waals surface area contributed by atoms with Gasteiger partial charge in [-0.05, 0) is 51.1 Å². The molecule has 0 saturated carbocycles. The number of rotatable bonds is 21. The summed E-state index contributed by atoms with van der Waals surface area (Å²) in [5.41, 5.74) is 22.7. The van der Waals surface area contributed by atoms with Gasteiger partial charge in [0.2, 0.25) is 23.6 Å². The fourth-order valence-electron chi connectivity index (χ4n) is 4.09. The molecular formula is C28H45N9O8. The van der Waals surface area contributed by atoms with Crippen LogP contribution in [0.1, 0.15) is 51.0 Å². The smallest absolute Gasteiger partial charge is 0.326 e. The molecule has 14 N–H and O–H groups in total. The number of carboxylic acid groups (broad SMARTS) is 2. The number of unbranched alkanes of at least 4 members (excludes halogenated alkanes) is 1. The van der Waals surface area contributed by atoms with Crippen molar-refractivity contribution in [2.45, 2.75) is 82.1 Å². The quantitative estimate of drug-likeness (QED) is 0.0374. The normalized spacial score (nSPS) is 14.0. The largest absolute Gasteiger partial charge is 0.481 e. The van der Waals surface area contributed by atoms with Crippen LogP contribution in [0.2, 0.25) is 0 Å². The second kappa shape index (κ2) is 20.2. The molecule has 4 amide bonds. The van der Waals surface area contributed by atoms with Crippen molar-refractivity contribution in [1.29, 1.82) is 0 Å². The highest BCUT2D eigenvalue weighted by molar-refractivity contribution is 5.95. The van der Waals surface area contributed by atoms with E-state index >= 15 is 0 Å². The molecular weight excluding hydrogens is 590 g/mol. The van der Waals surface area contributed by atoms with Gasteiger partial charge < -0.3 is 54.4 Å². The zero-order valence-electron chi connectivity index (χ0n) is 25.2. The van der Waals surface area contributed by atoms with Gasteiger partial charge >= 0.3 is 11.9 Å². The number of carboxylic acids is 2. The summed E-state index contributed by atoms with van der Waals surface area (Å²) in [5.74, 6) is -6.20. The van der Waals surface area contributed by atoms with E-state index in [1.165, 1.54) is 6.92 Å². The second-order valence-electron chi connectivity index (χ2n) is 10.4. The molecule has 1 rings (SSSR count). The third-order valence-corrected chi connectivity index (χ3v) is 6.48. The maximum absolute atomic E-state index is 13.5. The van der Waals surface area contributed by atoms with Gasteiger partial charge in [0.15, 0.2) is 5.96 Å². The molecule has 0 bridgehead atoms. The maximum atomic E-state index is 13.5. The van der Waals surface area contributed by atoms with Crippen molar-refractivity contribution in [3.05, 3.63) is 35.9 Å². The number of carbonyl (C=O) groups excluding carboxylic acids is 4. The monoisotopic (exact) mass is 635 g/mol. The molecule has 1 aromatic rings. The third kappa shape index (κ3) is 15.5. The molecule has 45 heavy (non-hydrogen) atoms. The van der Waals surface area contributed by atoms with E-state index in [-0.39, 0.29) is 38.2 Å². The maximum Gasteiger partial charge on any atom is 0.326 e. The van der Waals surface area contributed by atoms with E-state index in [0.29, 0.717) is 19.4 Å². The van der Waals surface area contributed by atoms with Crippen molar-refractivity contribution in [2.24, 2.45) is 27.9 Å². The zero-order valence-corrected chi connectivity index (χ0v) is 25.2. The lowest BCUT2D eigenvalue weighted by Gasteiger charge is -2.26. The predicted octanol–water partition coefficient (Wildman–Crippen LogP) is -2.74. The molecule has 0 aromatic heterocycles. The van der Waals surface area contributed by atoms with Gasteiger partial charge in [-0.15, -0.1) is 0 Å². The number of aliphatic imine (C=N–C) groups is 1. The van der Waals surface area contributed by atoms with Gasteiger partial charge in [0, 0.05) is 13.0 Å². The Bertz CT molecular complexity index is 1180. The van der Waals surface area contributed by atoms with Gasteiger partial charge in [0.25, 0.3) is 0 Å². The van der Waals surface area contributed by atoms with E-state index < -0.39 is 72.2 Å². The van der Waals surface area contributed by atoms with E-state index in [1.807, 2.05) is 0 Å². The van der Waals surface area contributed by atoms with Crippen LogP contribution in [0.15, 0.2) is 35.3 Å². The summed E-state index contributed by atoms with van der Waals surface area (Å²) >= 11 is 0. The summed E-state index contributed by atoms with van der Waals surface area (Å²) in [5, 5.41) is 28.3. The summed E-state index contributed by atoms with van der Waals surface area (Å²) in [6.07, 6.45) is 0.342. The minimum atomic E-state index is -1.74. The fraction of sp³-hybridized carbons (Fsp3) is 0.536. The van der Waals surface area contributed by atoms with Crippen LogP contribution in [0.5, 0.6) is 0 Å². The van der Waals surface area contributed by atoms with Gasteiger partial charge in [-0.1, -0.05) is 30.3 Å². The van der Waals surface area contributed by atoms with Gasteiger partial charge in [-0.3, -0.25) is 29.0 Å². The third-order valence-electron chi connectivity index (χ3n) is 6.48. The molecule has 5 atom stereocenters. The molecule has 0 spiro atoms. The highest BCUT2D eigenvalue weighted by atomic mass is 16.4. The summed E-state index contributed by atoms with van der Waals surface area (Å²) < 4.78 is 0. The van der Waals surface area contributed by atoms with Crippen LogP contribution in [0.4, 0.5) is 0 Å². The number of guanidine groups is 1. The number of aliphatic carboxylic acids is 2. The van der Waals surface area contributed by atoms with Gasteiger partial charge in [-0.2, -0.15) is 0 Å². The molecule has 0 saturated heterocycles. The summed E-state index contributed by atoms with van der Waals surface area (Å²) in [7, 11) is 0. The number of nitrogens with one attached hydrogen (secondary N) is 4.